The van der Waals surface area contributed by atoms with Crippen molar-refractivity contribution in [1.29, 1.82) is 0 Å². The zero-order valence-corrected chi connectivity index (χ0v) is 29.7. The molecule has 2 amide bonds. The number of nitrogens with zero attached hydrogens (tertiary/aromatic N) is 2. The molecule has 12 nitrogen and oxygen atoms in total. The van der Waals surface area contributed by atoms with Gasteiger partial charge in [-0.2, -0.15) is 0 Å². The molecule has 0 saturated carbocycles. The molecule has 0 atom stereocenters. The van der Waals surface area contributed by atoms with Crippen molar-refractivity contribution in [3.63, 3.8) is 0 Å². The summed E-state index contributed by atoms with van der Waals surface area (Å²) < 4.78 is 67.1. The molecule has 0 aliphatic rings. The maximum Gasteiger partial charge on any atom is 0.264 e. The van der Waals surface area contributed by atoms with Crippen LogP contribution in [-0.4, -0.2) is 69.0 Å². The lowest BCUT2D eigenvalue weighted by atomic mass is 10.3. The number of anilines is 2. The Bertz CT molecular complexity index is 1840. The number of amides is 2. The first-order valence-corrected chi connectivity index (χ1v) is 18.4. The van der Waals surface area contributed by atoms with Crippen molar-refractivity contribution < 1.29 is 35.9 Å². The zero-order chi connectivity index (χ0) is 35.6. The number of nitrogens with one attached hydrogen (secondary N) is 2. The van der Waals surface area contributed by atoms with Crippen molar-refractivity contribution in [3.8, 4) is 11.5 Å². The third kappa shape index (κ3) is 9.35. The highest BCUT2D eigenvalue weighted by atomic mass is 35.5. The minimum atomic E-state index is -4.21. The summed E-state index contributed by atoms with van der Waals surface area (Å²) >= 11 is 12.4. The van der Waals surface area contributed by atoms with Crippen LogP contribution in [0.4, 0.5) is 11.4 Å². The van der Waals surface area contributed by atoms with Gasteiger partial charge in [0, 0.05) is 23.1 Å². The second-order valence-corrected chi connectivity index (χ2v) is 14.9. The molecular formula is C33H34Cl2N4O8S2. The van der Waals surface area contributed by atoms with Crippen molar-refractivity contribution in [3.05, 3.63) is 107 Å². The van der Waals surface area contributed by atoms with Gasteiger partial charge in [-0.15, -0.1) is 0 Å². The van der Waals surface area contributed by atoms with E-state index < -0.39 is 45.0 Å². The maximum absolute atomic E-state index is 13.6. The molecule has 4 aromatic rings. The van der Waals surface area contributed by atoms with E-state index in [4.69, 9.17) is 32.7 Å². The van der Waals surface area contributed by atoms with E-state index >= 15 is 0 Å². The Balaban J connectivity index is 1.41. The van der Waals surface area contributed by atoms with Gasteiger partial charge in [-0.3, -0.25) is 18.2 Å². The van der Waals surface area contributed by atoms with Crippen molar-refractivity contribution in [2.45, 2.75) is 16.2 Å². The van der Waals surface area contributed by atoms with Crippen molar-refractivity contribution >= 4 is 66.4 Å². The van der Waals surface area contributed by atoms with Gasteiger partial charge in [0.2, 0.25) is 11.8 Å². The van der Waals surface area contributed by atoms with Crippen LogP contribution < -0.4 is 28.7 Å². The van der Waals surface area contributed by atoms with E-state index in [0.717, 1.165) is 8.61 Å². The Morgan fingerprint density at radius 3 is 1.33 bits per heavy atom. The first kappa shape index (κ1) is 37.3. The number of sulfonamides is 2. The molecule has 16 heteroatoms. The van der Waals surface area contributed by atoms with Crippen LogP contribution in [0.25, 0.3) is 0 Å². The number of halogens is 2. The van der Waals surface area contributed by atoms with Gasteiger partial charge in [0.05, 0.1) is 35.4 Å². The average molecular weight is 750 g/mol. The highest BCUT2D eigenvalue weighted by molar-refractivity contribution is 7.93. The van der Waals surface area contributed by atoms with Crippen LogP contribution in [-0.2, 0) is 29.6 Å². The normalized spacial score (nSPS) is 11.3. The molecule has 2 N–H and O–H groups in total. The zero-order valence-electron chi connectivity index (χ0n) is 26.5. The predicted octanol–water partition coefficient (Wildman–Crippen LogP) is 4.72. The fraction of sp³-hybridized carbons (Fsp3) is 0.212. The quantitative estimate of drug-likeness (QED) is 0.156. The highest BCUT2D eigenvalue weighted by Crippen LogP contribution is 2.36. The van der Waals surface area contributed by atoms with Crippen LogP contribution in [0.1, 0.15) is 6.42 Å². The molecule has 0 radical (unpaired) electrons. The van der Waals surface area contributed by atoms with Gasteiger partial charge < -0.3 is 20.1 Å². The molecule has 0 bridgehead atoms. The van der Waals surface area contributed by atoms with Crippen LogP contribution in [0.3, 0.4) is 0 Å². The van der Waals surface area contributed by atoms with E-state index in [2.05, 4.69) is 10.6 Å². The number of hydrogen-bond donors (Lipinski definition) is 2. The Labute approximate surface area is 295 Å². The summed E-state index contributed by atoms with van der Waals surface area (Å²) in [6.07, 6.45) is 0.245. The van der Waals surface area contributed by atoms with Crippen LogP contribution in [0.5, 0.6) is 11.5 Å². The smallest absolute Gasteiger partial charge is 0.264 e. The third-order valence-corrected chi connectivity index (χ3v) is 11.1. The molecule has 0 aromatic heterocycles. The summed E-state index contributed by atoms with van der Waals surface area (Å²) in [5.74, 6) is -0.863. The molecule has 0 saturated heterocycles. The number of methoxy groups -OCH3 is 2. The van der Waals surface area contributed by atoms with Gasteiger partial charge in [-0.05, 0) is 67.1 Å². The number of ether oxygens (including phenoxy) is 2. The summed E-state index contributed by atoms with van der Waals surface area (Å²) in [6.45, 7) is -1.04. The molecule has 4 rings (SSSR count). The van der Waals surface area contributed by atoms with Gasteiger partial charge in [-0.1, -0.05) is 59.6 Å². The second kappa shape index (κ2) is 16.7. The monoisotopic (exact) mass is 748 g/mol. The van der Waals surface area contributed by atoms with Crippen molar-refractivity contribution in [2.75, 3.05) is 49.0 Å². The van der Waals surface area contributed by atoms with Gasteiger partial charge in [-0.25, -0.2) is 16.8 Å². The van der Waals surface area contributed by atoms with E-state index in [9.17, 15) is 26.4 Å². The largest absolute Gasteiger partial charge is 0.495 e. The fourth-order valence-electron chi connectivity index (χ4n) is 4.67. The molecule has 4 aromatic carbocycles. The molecule has 0 heterocycles. The highest BCUT2D eigenvalue weighted by Gasteiger charge is 2.31. The minimum absolute atomic E-state index is 0.0359. The third-order valence-electron chi connectivity index (χ3n) is 7.05. The number of rotatable bonds is 16. The Hall–Kier alpha value is -4.50. The molecule has 0 unspecified atom stereocenters. The van der Waals surface area contributed by atoms with E-state index in [0.29, 0.717) is 0 Å². The number of carbonyl (C=O) groups excluding carboxylic acids is 2. The van der Waals surface area contributed by atoms with Crippen LogP contribution >= 0.6 is 23.2 Å². The molecule has 0 spiro atoms. The van der Waals surface area contributed by atoms with E-state index in [1.54, 1.807) is 36.4 Å². The standard InChI is InChI=1S/C33H34Cl2N4O8S2/c1-46-30-16-14-24(34)20-28(30)38(48(42,43)26-10-5-3-6-11-26)22-32(40)36-18-9-19-37-33(41)23-39(29-21-25(35)15-17-31(29)47-2)49(44,45)27-12-7-4-8-13-27/h3-8,10-17,20-21H,9,18-19,22-23H2,1-2H3,(H,36,40)(H,37,41). The van der Waals surface area contributed by atoms with Crippen LogP contribution in [0.15, 0.2) is 107 Å². The van der Waals surface area contributed by atoms with E-state index in [1.807, 2.05) is 0 Å². The average Bonchev–Trinajstić information content (AvgIpc) is 3.10. The number of carbonyl (C=O) groups is 2. The molecule has 0 aliphatic heterocycles. The molecule has 49 heavy (non-hydrogen) atoms. The SMILES string of the molecule is COc1ccc(Cl)cc1N(CC(=O)NCCCNC(=O)CN(c1cc(Cl)ccc1OC)S(=O)(=O)c1ccccc1)S(=O)(=O)c1ccccc1. The number of benzene rings is 4. The lowest BCUT2D eigenvalue weighted by Gasteiger charge is -2.26. The predicted molar refractivity (Wildman–Crippen MR) is 189 cm³/mol. The summed E-state index contributed by atoms with van der Waals surface area (Å²) in [5, 5.41) is 5.80. The van der Waals surface area contributed by atoms with Crippen LogP contribution in [0, 0.1) is 0 Å². The molecule has 0 aliphatic carbocycles. The summed E-state index contributed by atoms with van der Waals surface area (Å²) in [7, 11) is -5.68. The lowest BCUT2D eigenvalue weighted by molar-refractivity contribution is -0.119. The van der Waals surface area contributed by atoms with Crippen LogP contribution in [0.2, 0.25) is 10.0 Å². The van der Waals surface area contributed by atoms with E-state index in [1.165, 1.54) is 74.9 Å². The fourth-order valence-corrected chi connectivity index (χ4v) is 7.89. The lowest BCUT2D eigenvalue weighted by Crippen LogP contribution is -2.43. The summed E-state index contributed by atoms with van der Waals surface area (Å²) in [4.78, 5) is 26.0. The van der Waals surface area contributed by atoms with Gasteiger partial charge in [0.15, 0.2) is 0 Å². The molecular weight excluding hydrogens is 715 g/mol. The second-order valence-electron chi connectivity index (χ2n) is 10.3. The van der Waals surface area contributed by atoms with Crippen molar-refractivity contribution in [1.82, 2.24) is 10.6 Å². The molecule has 0 fully saturated rings. The minimum Gasteiger partial charge on any atom is -0.495 e. The Morgan fingerprint density at radius 1 is 0.612 bits per heavy atom. The van der Waals surface area contributed by atoms with Gasteiger partial charge in [0.1, 0.15) is 24.6 Å². The summed E-state index contributed by atoms with van der Waals surface area (Å²) in [6, 6.07) is 24.1. The number of hydrogen-bond acceptors (Lipinski definition) is 8. The Morgan fingerprint density at radius 2 is 0.980 bits per heavy atom. The first-order valence-electron chi connectivity index (χ1n) is 14.7. The van der Waals surface area contributed by atoms with Gasteiger partial charge in [0.25, 0.3) is 20.0 Å². The Kier molecular flexibility index (Phi) is 12.8. The first-order chi connectivity index (χ1) is 23.4. The topological polar surface area (TPSA) is 151 Å². The maximum atomic E-state index is 13.6. The van der Waals surface area contributed by atoms with Crippen molar-refractivity contribution in [2.24, 2.45) is 0 Å². The van der Waals surface area contributed by atoms with E-state index in [-0.39, 0.29) is 62.2 Å². The van der Waals surface area contributed by atoms with Gasteiger partial charge >= 0.3 is 0 Å². The molecule has 260 valence electrons. The summed E-state index contributed by atoms with van der Waals surface area (Å²) in [5.41, 5.74) is 0.153.